The summed E-state index contributed by atoms with van der Waals surface area (Å²) in [7, 11) is 3.11. The number of nitro benzene ring substituents is 1. The Morgan fingerprint density at radius 3 is 2.50 bits per heavy atom. The zero-order valence-electron chi connectivity index (χ0n) is 14.3. The summed E-state index contributed by atoms with van der Waals surface area (Å²) in [6, 6.07) is 11.3. The van der Waals surface area contributed by atoms with Crippen LogP contribution in [-0.4, -0.2) is 35.3 Å². The summed E-state index contributed by atoms with van der Waals surface area (Å²) in [6.45, 7) is 0.591. The lowest BCUT2D eigenvalue weighted by atomic mass is 10.1. The van der Waals surface area contributed by atoms with Crippen LogP contribution in [0.4, 0.5) is 5.69 Å². The van der Waals surface area contributed by atoms with Crippen molar-refractivity contribution in [3.8, 4) is 17.1 Å². The maximum Gasteiger partial charge on any atom is 0.270 e. The number of benzene rings is 2. The minimum absolute atomic E-state index is 0.146. The third kappa shape index (κ3) is 3.27. The van der Waals surface area contributed by atoms with Crippen LogP contribution in [0.2, 0.25) is 0 Å². The number of nitro groups is 1. The van der Waals surface area contributed by atoms with Crippen LogP contribution < -0.4 is 10.3 Å². The van der Waals surface area contributed by atoms with Crippen molar-refractivity contribution in [1.82, 2.24) is 9.55 Å². The van der Waals surface area contributed by atoms with Crippen molar-refractivity contribution in [3.63, 3.8) is 0 Å². The van der Waals surface area contributed by atoms with Crippen LogP contribution in [0.1, 0.15) is 0 Å². The van der Waals surface area contributed by atoms with E-state index in [1.807, 2.05) is 0 Å². The largest absolute Gasteiger partial charge is 0.497 e. The lowest BCUT2D eigenvalue weighted by molar-refractivity contribution is -0.384. The van der Waals surface area contributed by atoms with Crippen LogP contribution in [0.3, 0.4) is 0 Å². The van der Waals surface area contributed by atoms with Crippen molar-refractivity contribution < 1.29 is 14.4 Å². The number of aromatic nitrogens is 2. The second-order valence-electron chi connectivity index (χ2n) is 5.57. The van der Waals surface area contributed by atoms with Gasteiger partial charge in [0.05, 0.1) is 36.1 Å². The SMILES string of the molecule is COCCn1c(-c2ccc(OC)cc2)nc2ccc([N+](=O)[O-])cc2c1=O. The van der Waals surface area contributed by atoms with Gasteiger partial charge in [0.2, 0.25) is 0 Å². The van der Waals surface area contributed by atoms with Gasteiger partial charge in [0.1, 0.15) is 11.6 Å². The molecule has 1 aromatic heterocycles. The molecule has 3 rings (SSSR count). The van der Waals surface area contributed by atoms with Crippen molar-refractivity contribution >= 4 is 16.6 Å². The normalized spacial score (nSPS) is 10.8. The van der Waals surface area contributed by atoms with E-state index in [1.54, 1.807) is 31.4 Å². The zero-order valence-corrected chi connectivity index (χ0v) is 14.3. The molecule has 8 heteroatoms. The molecule has 3 aromatic rings. The number of hydrogen-bond donors (Lipinski definition) is 0. The molecule has 1 heterocycles. The highest BCUT2D eigenvalue weighted by molar-refractivity contribution is 5.82. The summed E-state index contributed by atoms with van der Waals surface area (Å²) >= 11 is 0. The molecule has 134 valence electrons. The van der Waals surface area contributed by atoms with E-state index in [-0.39, 0.29) is 23.2 Å². The van der Waals surface area contributed by atoms with E-state index < -0.39 is 4.92 Å². The molecule has 26 heavy (non-hydrogen) atoms. The standard InChI is InChI=1S/C18H17N3O5/c1-25-10-9-20-17(12-3-6-14(26-2)7-4-12)19-16-8-5-13(21(23)24)11-15(16)18(20)22/h3-8,11H,9-10H2,1-2H3. The predicted molar refractivity (Wildman–Crippen MR) is 96.5 cm³/mol. The van der Waals surface area contributed by atoms with Gasteiger partial charge in [-0.1, -0.05) is 0 Å². The number of methoxy groups -OCH3 is 2. The molecule has 0 saturated carbocycles. The lowest BCUT2D eigenvalue weighted by Crippen LogP contribution is -2.25. The smallest absolute Gasteiger partial charge is 0.270 e. The van der Waals surface area contributed by atoms with Gasteiger partial charge in [-0.15, -0.1) is 0 Å². The minimum Gasteiger partial charge on any atom is -0.497 e. The maximum absolute atomic E-state index is 12.9. The average molecular weight is 355 g/mol. The quantitative estimate of drug-likeness (QED) is 0.498. The fraction of sp³-hybridized carbons (Fsp3) is 0.222. The Balaban J connectivity index is 2.24. The molecule has 0 saturated heterocycles. The highest BCUT2D eigenvalue weighted by Gasteiger charge is 2.16. The van der Waals surface area contributed by atoms with Crippen molar-refractivity contribution in [2.45, 2.75) is 6.54 Å². The van der Waals surface area contributed by atoms with Gasteiger partial charge < -0.3 is 9.47 Å². The van der Waals surface area contributed by atoms with E-state index in [0.717, 1.165) is 5.56 Å². The highest BCUT2D eigenvalue weighted by Crippen LogP contribution is 2.23. The van der Waals surface area contributed by atoms with Crippen LogP contribution in [0.5, 0.6) is 5.75 Å². The first kappa shape index (κ1) is 17.6. The molecule has 0 N–H and O–H groups in total. The van der Waals surface area contributed by atoms with Gasteiger partial charge in [-0.2, -0.15) is 0 Å². The Morgan fingerprint density at radius 2 is 1.88 bits per heavy atom. The highest BCUT2D eigenvalue weighted by atomic mass is 16.6. The number of nitrogens with zero attached hydrogens (tertiary/aromatic N) is 3. The molecule has 0 unspecified atom stereocenters. The van der Waals surface area contributed by atoms with E-state index in [1.165, 1.54) is 29.9 Å². The molecule has 0 aliphatic heterocycles. The van der Waals surface area contributed by atoms with Crippen molar-refractivity contribution in [2.75, 3.05) is 20.8 Å². The molecule has 0 spiro atoms. The molecule has 0 aliphatic carbocycles. The third-order valence-electron chi connectivity index (χ3n) is 4.02. The number of fused-ring (bicyclic) bond motifs is 1. The van der Waals surface area contributed by atoms with E-state index in [9.17, 15) is 14.9 Å². The van der Waals surface area contributed by atoms with Crippen molar-refractivity contribution in [2.24, 2.45) is 0 Å². The second kappa shape index (κ2) is 7.32. The lowest BCUT2D eigenvalue weighted by Gasteiger charge is -2.13. The Kier molecular flexibility index (Phi) is 4.94. The van der Waals surface area contributed by atoms with Gasteiger partial charge in [-0.25, -0.2) is 4.98 Å². The molecule has 0 atom stereocenters. The Labute approximate surface area is 148 Å². The molecular weight excluding hydrogens is 338 g/mol. The number of non-ortho nitro benzene ring substituents is 1. The molecule has 0 bridgehead atoms. The van der Waals surface area contributed by atoms with E-state index in [2.05, 4.69) is 4.98 Å². The maximum atomic E-state index is 12.9. The second-order valence-corrected chi connectivity index (χ2v) is 5.57. The van der Waals surface area contributed by atoms with Gasteiger partial charge in [0.15, 0.2) is 0 Å². The first-order chi connectivity index (χ1) is 12.5. The van der Waals surface area contributed by atoms with Crippen LogP contribution >= 0.6 is 0 Å². The fourth-order valence-corrected chi connectivity index (χ4v) is 2.67. The first-order valence-corrected chi connectivity index (χ1v) is 7.87. The third-order valence-corrected chi connectivity index (χ3v) is 4.02. The number of hydrogen-bond acceptors (Lipinski definition) is 6. The van der Waals surface area contributed by atoms with Gasteiger partial charge in [0.25, 0.3) is 11.2 Å². The van der Waals surface area contributed by atoms with Gasteiger partial charge >= 0.3 is 0 Å². The zero-order chi connectivity index (χ0) is 18.7. The summed E-state index contributed by atoms with van der Waals surface area (Å²) in [5, 5.41) is 11.2. The minimum atomic E-state index is -0.532. The monoisotopic (exact) mass is 355 g/mol. The Morgan fingerprint density at radius 1 is 1.15 bits per heavy atom. The topological polar surface area (TPSA) is 96.5 Å². The van der Waals surface area contributed by atoms with Crippen molar-refractivity contribution in [1.29, 1.82) is 0 Å². The van der Waals surface area contributed by atoms with Gasteiger partial charge in [-0.05, 0) is 30.3 Å². The summed E-state index contributed by atoms with van der Waals surface area (Å²) in [5.74, 6) is 1.16. The van der Waals surface area contributed by atoms with E-state index in [0.29, 0.717) is 23.7 Å². The molecular formula is C18H17N3O5. The van der Waals surface area contributed by atoms with Crippen LogP contribution in [0.25, 0.3) is 22.3 Å². The number of rotatable bonds is 6. The van der Waals surface area contributed by atoms with Crippen molar-refractivity contribution in [3.05, 3.63) is 62.9 Å². The summed E-state index contributed by atoms with van der Waals surface area (Å²) in [4.78, 5) is 28.0. The first-order valence-electron chi connectivity index (χ1n) is 7.87. The molecule has 0 aliphatic rings. The average Bonchev–Trinajstić information content (AvgIpc) is 2.67. The Hall–Kier alpha value is -3.26. The van der Waals surface area contributed by atoms with Crippen LogP contribution in [0, 0.1) is 10.1 Å². The number of ether oxygens (including phenoxy) is 2. The molecule has 0 amide bonds. The van der Waals surface area contributed by atoms with Gasteiger partial charge in [-0.3, -0.25) is 19.5 Å². The van der Waals surface area contributed by atoms with Crippen LogP contribution in [-0.2, 0) is 11.3 Å². The summed E-state index contributed by atoms with van der Waals surface area (Å²) < 4.78 is 11.7. The summed E-state index contributed by atoms with van der Waals surface area (Å²) in [5.41, 5.74) is 0.646. The van der Waals surface area contributed by atoms with E-state index >= 15 is 0 Å². The predicted octanol–water partition coefficient (Wildman–Crippen LogP) is 2.63. The molecule has 8 nitrogen and oxygen atoms in total. The van der Waals surface area contributed by atoms with Gasteiger partial charge in [0, 0.05) is 24.8 Å². The summed E-state index contributed by atoms with van der Waals surface area (Å²) in [6.07, 6.45) is 0. The van der Waals surface area contributed by atoms with E-state index in [4.69, 9.17) is 9.47 Å². The fourth-order valence-electron chi connectivity index (χ4n) is 2.67. The Bertz CT molecular complexity index is 1010. The molecule has 0 fully saturated rings. The van der Waals surface area contributed by atoms with Crippen LogP contribution in [0.15, 0.2) is 47.3 Å². The molecule has 2 aromatic carbocycles. The molecule has 0 radical (unpaired) electrons.